The fourth-order valence-corrected chi connectivity index (χ4v) is 2.98. The zero-order valence-corrected chi connectivity index (χ0v) is 14.3. The maximum Gasteiger partial charge on any atom is 0.248 e. The Morgan fingerprint density at radius 1 is 1.08 bits per heavy atom. The van der Waals surface area contributed by atoms with Crippen LogP contribution in [0.3, 0.4) is 0 Å². The topological polar surface area (TPSA) is 42.1 Å². The molecule has 0 bridgehead atoms. The number of rotatable bonds is 6. The first-order chi connectivity index (χ1) is 11.7. The normalized spacial score (nSPS) is 10.9. The zero-order chi connectivity index (χ0) is 16.9. The van der Waals surface area contributed by atoms with Gasteiger partial charge >= 0.3 is 0 Å². The summed E-state index contributed by atoms with van der Waals surface area (Å²) in [5.74, 6) is 0.814. The third-order valence-corrected chi connectivity index (χ3v) is 4.35. The molecule has 0 aliphatic heterocycles. The van der Waals surface area contributed by atoms with Gasteiger partial charge in [0.15, 0.2) is 0 Å². The molecule has 1 N–H and O–H groups in total. The second kappa shape index (κ2) is 7.35. The molecule has 0 aliphatic rings. The Kier molecular flexibility index (Phi) is 4.99. The SMILES string of the molecule is CCCCc1cc(=O)[nH]c2c(C)c(OCc3ccccc3)ccc12. The summed E-state index contributed by atoms with van der Waals surface area (Å²) in [5, 5.41) is 1.12. The minimum Gasteiger partial charge on any atom is -0.489 e. The quantitative estimate of drug-likeness (QED) is 0.711. The van der Waals surface area contributed by atoms with Crippen molar-refractivity contribution in [1.29, 1.82) is 0 Å². The van der Waals surface area contributed by atoms with Gasteiger partial charge in [-0.05, 0) is 43.0 Å². The fraction of sp³-hybridized carbons (Fsp3) is 0.286. The summed E-state index contributed by atoms with van der Waals surface area (Å²) in [6, 6.07) is 15.9. The minimum absolute atomic E-state index is 0.0445. The van der Waals surface area contributed by atoms with E-state index in [9.17, 15) is 4.79 Å². The second-order valence-electron chi connectivity index (χ2n) is 6.15. The van der Waals surface area contributed by atoms with Crippen molar-refractivity contribution in [1.82, 2.24) is 4.98 Å². The predicted molar refractivity (Wildman–Crippen MR) is 98.7 cm³/mol. The Labute approximate surface area is 142 Å². The maximum atomic E-state index is 12.0. The number of H-pyrrole nitrogens is 1. The summed E-state index contributed by atoms with van der Waals surface area (Å²) in [7, 11) is 0. The number of aromatic nitrogens is 1. The van der Waals surface area contributed by atoms with Crippen molar-refractivity contribution in [2.75, 3.05) is 0 Å². The Morgan fingerprint density at radius 2 is 1.88 bits per heavy atom. The summed E-state index contributed by atoms with van der Waals surface area (Å²) in [6.07, 6.45) is 3.13. The molecule has 0 fully saturated rings. The minimum atomic E-state index is -0.0445. The molecule has 24 heavy (non-hydrogen) atoms. The first-order valence-electron chi connectivity index (χ1n) is 8.51. The molecule has 0 spiro atoms. The van der Waals surface area contributed by atoms with E-state index in [0.29, 0.717) is 6.61 Å². The predicted octanol–water partition coefficient (Wildman–Crippen LogP) is 4.76. The molecule has 0 aliphatic carbocycles. The summed E-state index contributed by atoms with van der Waals surface area (Å²) in [6.45, 7) is 4.69. The largest absolute Gasteiger partial charge is 0.489 e. The van der Waals surface area contributed by atoms with Crippen molar-refractivity contribution >= 4 is 10.9 Å². The molecule has 124 valence electrons. The molecule has 0 unspecified atom stereocenters. The highest BCUT2D eigenvalue weighted by Crippen LogP contribution is 2.28. The lowest BCUT2D eigenvalue weighted by Crippen LogP contribution is -2.08. The first kappa shape index (κ1) is 16.3. The van der Waals surface area contributed by atoms with Gasteiger partial charge in [-0.3, -0.25) is 4.79 Å². The Morgan fingerprint density at radius 3 is 2.62 bits per heavy atom. The molecule has 2 aromatic carbocycles. The van der Waals surface area contributed by atoms with E-state index in [1.807, 2.05) is 43.3 Å². The summed E-state index contributed by atoms with van der Waals surface area (Å²) < 4.78 is 5.97. The molecule has 3 nitrogen and oxygen atoms in total. The Hall–Kier alpha value is -2.55. The van der Waals surface area contributed by atoms with Crippen molar-refractivity contribution < 1.29 is 4.74 Å². The Balaban J connectivity index is 1.94. The maximum absolute atomic E-state index is 12.0. The molecule has 1 aromatic heterocycles. The van der Waals surface area contributed by atoms with Gasteiger partial charge < -0.3 is 9.72 Å². The van der Waals surface area contributed by atoms with Gasteiger partial charge in [-0.25, -0.2) is 0 Å². The van der Waals surface area contributed by atoms with Crippen molar-refractivity contribution in [3.8, 4) is 5.75 Å². The molecule has 0 atom stereocenters. The average molecular weight is 321 g/mol. The van der Waals surface area contributed by atoms with Gasteiger partial charge in [0, 0.05) is 17.0 Å². The molecule has 1 heterocycles. The van der Waals surface area contributed by atoms with E-state index < -0.39 is 0 Å². The van der Waals surface area contributed by atoms with E-state index in [1.165, 1.54) is 0 Å². The third kappa shape index (κ3) is 3.51. The van der Waals surface area contributed by atoms with Crippen LogP contribution in [-0.2, 0) is 13.0 Å². The van der Waals surface area contributed by atoms with Crippen molar-refractivity contribution in [3.05, 3.63) is 75.6 Å². The van der Waals surface area contributed by atoms with E-state index in [4.69, 9.17) is 4.74 Å². The first-order valence-corrected chi connectivity index (χ1v) is 8.51. The molecule has 3 aromatic rings. The summed E-state index contributed by atoms with van der Waals surface area (Å²) >= 11 is 0. The van der Waals surface area contributed by atoms with Crippen LogP contribution in [0.5, 0.6) is 5.75 Å². The van der Waals surface area contributed by atoms with Crippen LogP contribution in [0, 0.1) is 6.92 Å². The number of fused-ring (bicyclic) bond motifs is 1. The van der Waals surface area contributed by atoms with E-state index in [-0.39, 0.29) is 5.56 Å². The molecule has 3 heteroatoms. The number of benzene rings is 2. The number of unbranched alkanes of at least 4 members (excludes halogenated alkanes) is 1. The number of ether oxygens (including phenoxy) is 1. The van der Waals surface area contributed by atoms with Crippen molar-refractivity contribution in [2.45, 2.75) is 39.7 Å². The van der Waals surface area contributed by atoms with Crippen LogP contribution in [-0.4, -0.2) is 4.98 Å². The standard InChI is InChI=1S/C21H23NO2/c1-3-4-10-17-13-20(23)22-21-15(2)19(12-11-18(17)21)24-14-16-8-6-5-7-9-16/h5-9,11-13H,3-4,10,14H2,1-2H3,(H,22,23). The molecular weight excluding hydrogens is 298 g/mol. The number of hydrogen-bond donors (Lipinski definition) is 1. The van der Waals surface area contributed by atoms with E-state index in [0.717, 1.165) is 52.6 Å². The lowest BCUT2D eigenvalue weighted by Gasteiger charge is -2.13. The van der Waals surface area contributed by atoms with Crippen LogP contribution in [0.4, 0.5) is 0 Å². The van der Waals surface area contributed by atoms with E-state index in [1.54, 1.807) is 6.07 Å². The van der Waals surface area contributed by atoms with Gasteiger partial charge in [0.1, 0.15) is 12.4 Å². The monoisotopic (exact) mass is 321 g/mol. The smallest absolute Gasteiger partial charge is 0.248 e. The van der Waals surface area contributed by atoms with Crippen LogP contribution in [0.2, 0.25) is 0 Å². The third-order valence-electron chi connectivity index (χ3n) is 4.35. The number of hydrogen-bond acceptors (Lipinski definition) is 2. The van der Waals surface area contributed by atoms with Gasteiger partial charge in [-0.1, -0.05) is 43.7 Å². The van der Waals surface area contributed by atoms with Gasteiger partial charge in [-0.2, -0.15) is 0 Å². The fourth-order valence-electron chi connectivity index (χ4n) is 2.98. The van der Waals surface area contributed by atoms with Gasteiger partial charge in [0.25, 0.3) is 0 Å². The number of nitrogens with one attached hydrogen (secondary N) is 1. The number of pyridine rings is 1. The molecular formula is C21H23NO2. The van der Waals surface area contributed by atoms with Crippen LogP contribution < -0.4 is 10.3 Å². The zero-order valence-electron chi connectivity index (χ0n) is 14.3. The highest BCUT2D eigenvalue weighted by atomic mass is 16.5. The van der Waals surface area contributed by atoms with Crippen LogP contribution in [0.1, 0.15) is 36.5 Å². The van der Waals surface area contributed by atoms with Crippen LogP contribution in [0.15, 0.2) is 53.3 Å². The van der Waals surface area contributed by atoms with Crippen molar-refractivity contribution in [3.63, 3.8) is 0 Å². The molecule has 0 amide bonds. The Bertz CT molecular complexity index is 881. The highest BCUT2D eigenvalue weighted by molar-refractivity contribution is 5.86. The van der Waals surface area contributed by atoms with E-state index in [2.05, 4.69) is 18.0 Å². The number of aromatic amines is 1. The highest BCUT2D eigenvalue weighted by Gasteiger charge is 2.10. The van der Waals surface area contributed by atoms with E-state index >= 15 is 0 Å². The lowest BCUT2D eigenvalue weighted by molar-refractivity contribution is 0.304. The number of aryl methyl sites for hydroxylation is 2. The molecule has 0 radical (unpaired) electrons. The molecule has 0 saturated heterocycles. The molecule has 0 saturated carbocycles. The van der Waals surface area contributed by atoms with Crippen molar-refractivity contribution in [2.24, 2.45) is 0 Å². The van der Waals surface area contributed by atoms with Gasteiger partial charge in [0.05, 0.1) is 5.52 Å². The second-order valence-corrected chi connectivity index (χ2v) is 6.15. The lowest BCUT2D eigenvalue weighted by atomic mass is 10.0. The van der Waals surface area contributed by atoms with Gasteiger partial charge in [-0.15, -0.1) is 0 Å². The van der Waals surface area contributed by atoms with Gasteiger partial charge in [0.2, 0.25) is 5.56 Å². The average Bonchev–Trinajstić information content (AvgIpc) is 2.60. The summed E-state index contributed by atoms with van der Waals surface area (Å²) in [4.78, 5) is 15.0. The summed E-state index contributed by atoms with van der Waals surface area (Å²) in [5.41, 5.74) is 4.07. The van der Waals surface area contributed by atoms with Crippen LogP contribution >= 0.6 is 0 Å². The molecule has 3 rings (SSSR count). The van der Waals surface area contributed by atoms with Crippen LogP contribution in [0.25, 0.3) is 10.9 Å².